The molecule has 0 saturated carbocycles. The van der Waals surface area contributed by atoms with Gasteiger partial charge in [-0.1, -0.05) is 35.5 Å². The SMILES string of the molecule is CSc1ncc(CNCCc2cccc(Cl)c2)c(N2CCN(c3ccc(F)cc3)CC2)n1. The fraction of sp³-hybridized carbons (Fsp3) is 0.333. The molecule has 0 aliphatic carbocycles. The monoisotopic (exact) mass is 471 g/mol. The minimum atomic E-state index is -0.203. The fourth-order valence-corrected chi connectivity index (χ4v) is 4.40. The first kappa shape index (κ1) is 22.8. The molecule has 0 atom stereocenters. The lowest BCUT2D eigenvalue weighted by molar-refractivity contribution is 0.620. The van der Waals surface area contributed by atoms with Crippen molar-refractivity contribution in [2.75, 3.05) is 48.8 Å². The molecule has 0 radical (unpaired) electrons. The van der Waals surface area contributed by atoms with Gasteiger partial charge in [-0.15, -0.1) is 0 Å². The van der Waals surface area contributed by atoms with Crippen LogP contribution in [0.5, 0.6) is 0 Å². The molecule has 32 heavy (non-hydrogen) atoms. The largest absolute Gasteiger partial charge is 0.368 e. The van der Waals surface area contributed by atoms with E-state index in [4.69, 9.17) is 16.6 Å². The van der Waals surface area contributed by atoms with Crippen molar-refractivity contribution < 1.29 is 4.39 Å². The van der Waals surface area contributed by atoms with Crippen molar-refractivity contribution in [3.63, 3.8) is 0 Å². The summed E-state index contributed by atoms with van der Waals surface area (Å²) >= 11 is 7.63. The summed E-state index contributed by atoms with van der Waals surface area (Å²) in [6.45, 7) is 5.01. The number of halogens is 2. The third kappa shape index (κ3) is 5.91. The van der Waals surface area contributed by atoms with Gasteiger partial charge in [0.1, 0.15) is 11.6 Å². The number of nitrogens with one attached hydrogen (secondary N) is 1. The molecule has 1 N–H and O–H groups in total. The van der Waals surface area contributed by atoms with E-state index < -0.39 is 0 Å². The van der Waals surface area contributed by atoms with Crippen molar-refractivity contribution in [3.05, 3.63) is 76.7 Å². The smallest absolute Gasteiger partial charge is 0.189 e. The lowest BCUT2D eigenvalue weighted by Crippen LogP contribution is -2.47. The Morgan fingerprint density at radius 2 is 1.81 bits per heavy atom. The summed E-state index contributed by atoms with van der Waals surface area (Å²) < 4.78 is 13.2. The van der Waals surface area contributed by atoms with E-state index in [0.29, 0.717) is 6.54 Å². The summed E-state index contributed by atoms with van der Waals surface area (Å²) in [6, 6.07) is 14.7. The highest BCUT2D eigenvalue weighted by molar-refractivity contribution is 7.98. The van der Waals surface area contributed by atoms with Crippen LogP contribution in [-0.2, 0) is 13.0 Å². The molecule has 3 aromatic rings. The average Bonchev–Trinajstić information content (AvgIpc) is 2.82. The molecular formula is C24H27ClFN5S. The second kappa shape index (κ2) is 11.0. The molecule has 5 nitrogen and oxygen atoms in total. The Hall–Kier alpha value is -2.35. The van der Waals surface area contributed by atoms with E-state index in [-0.39, 0.29) is 5.82 Å². The van der Waals surface area contributed by atoms with E-state index in [1.165, 1.54) is 17.7 Å². The average molecular weight is 472 g/mol. The number of anilines is 2. The zero-order valence-corrected chi connectivity index (χ0v) is 19.7. The van der Waals surface area contributed by atoms with Crippen LogP contribution in [0.3, 0.4) is 0 Å². The number of piperazine rings is 1. The number of benzene rings is 2. The Balaban J connectivity index is 1.37. The topological polar surface area (TPSA) is 44.3 Å². The Morgan fingerprint density at radius 1 is 1.06 bits per heavy atom. The van der Waals surface area contributed by atoms with Crippen molar-refractivity contribution in [2.45, 2.75) is 18.1 Å². The second-order valence-corrected chi connectivity index (χ2v) is 8.92. The number of thioether (sulfide) groups is 1. The molecule has 1 fully saturated rings. The van der Waals surface area contributed by atoms with E-state index in [9.17, 15) is 4.39 Å². The first-order valence-electron chi connectivity index (χ1n) is 10.7. The van der Waals surface area contributed by atoms with E-state index in [2.05, 4.69) is 26.2 Å². The fourth-order valence-electron chi connectivity index (χ4n) is 3.86. The van der Waals surface area contributed by atoms with Gasteiger partial charge < -0.3 is 15.1 Å². The van der Waals surface area contributed by atoms with Gasteiger partial charge in [-0.05, 0) is 61.2 Å². The van der Waals surface area contributed by atoms with Gasteiger partial charge in [-0.3, -0.25) is 0 Å². The lowest BCUT2D eigenvalue weighted by Gasteiger charge is -2.37. The molecule has 2 aromatic carbocycles. The summed E-state index contributed by atoms with van der Waals surface area (Å²) in [7, 11) is 0. The summed E-state index contributed by atoms with van der Waals surface area (Å²) in [5.41, 5.74) is 3.38. The molecule has 1 aliphatic heterocycles. The minimum absolute atomic E-state index is 0.203. The second-order valence-electron chi connectivity index (χ2n) is 7.71. The van der Waals surface area contributed by atoms with Crippen LogP contribution in [0.25, 0.3) is 0 Å². The quantitative estimate of drug-likeness (QED) is 0.293. The summed E-state index contributed by atoms with van der Waals surface area (Å²) in [5.74, 6) is 0.795. The summed E-state index contributed by atoms with van der Waals surface area (Å²) in [6.07, 6.45) is 4.84. The van der Waals surface area contributed by atoms with Gasteiger partial charge in [0.05, 0.1) is 0 Å². The first-order valence-corrected chi connectivity index (χ1v) is 12.3. The van der Waals surface area contributed by atoms with Crippen LogP contribution in [0, 0.1) is 5.82 Å². The molecule has 0 unspecified atom stereocenters. The molecule has 8 heteroatoms. The van der Waals surface area contributed by atoms with Crippen LogP contribution in [0.2, 0.25) is 5.02 Å². The molecule has 168 valence electrons. The van der Waals surface area contributed by atoms with Crippen LogP contribution in [-0.4, -0.2) is 48.9 Å². The lowest BCUT2D eigenvalue weighted by atomic mass is 10.1. The van der Waals surface area contributed by atoms with Crippen molar-refractivity contribution in [1.82, 2.24) is 15.3 Å². The highest BCUT2D eigenvalue weighted by atomic mass is 35.5. The van der Waals surface area contributed by atoms with Gasteiger partial charge in [0, 0.05) is 55.2 Å². The predicted molar refractivity (Wildman–Crippen MR) is 132 cm³/mol. The molecule has 4 rings (SSSR count). The third-order valence-electron chi connectivity index (χ3n) is 5.57. The van der Waals surface area contributed by atoms with E-state index in [0.717, 1.165) is 66.4 Å². The number of hydrogen-bond acceptors (Lipinski definition) is 6. The maximum Gasteiger partial charge on any atom is 0.189 e. The predicted octanol–water partition coefficient (Wildman–Crippen LogP) is 4.65. The van der Waals surface area contributed by atoms with E-state index >= 15 is 0 Å². The Kier molecular flexibility index (Phi) is 7.84. The van der Waals surface area contributed by atoms with Gasteiger partial charge in [0.25, 0.3) is 0 Å². The number of nitrogens with zero attached hydrogens (tertiary/aromatic N) is 4. The maximum atomic E-state index is 13.2. The molecular weight excluding hydrogens is 445 g/mol. The van der Waals surface area contributed by atoms with Crippen LogP contribution in [0.4, 0.5) is 15.9 Å². The molecule has 1 saturated heterocycles. The normalized spacial score (nSPS) is 14.1. The minimum Gasteiger partial charge on any atom is -0.368 e. The molecule has 0 spiro atoms. The standard InChI is InChI=1S/C24H27ClFN5S/c1-32-24-28-17-19(16-27-10-9-18-3-2-4-20(25)15-18)23(29-24)31-13-11-30(12-14-31)22-7-5-21(26)6-8-22/h2-8,15,17,27H,9-14,16H2,1H3. The van der Waals surface area contributed by atoms with Gasteiger partial charge in [-0.2, -0.15) is 0 Å². The maximum absolute atomic E-state index is 13.2. The van der Waals surface area contributed by atoms with Gasteiger partial charge in [0.15, 0.2) is 5.16 Å². The third-order valence-corrected chi connectivity index (χ3v) is 6.37. The molecule has 0 bridgehead atoms. The van der Waals surface area contributed by atoms with Gasteiger partial charge >= 0.3 is 0 Å². The number of aromatic nitrogens is 2. The van der Waals surface area contributed by atoms with E-state index in [1.54, 1.807) is 11.8 Å². The van der Waals surface area contributed by atoms with Crippen molar-refractivity contribution in [3.8, 4) is 0 Å². The first-order chi connectivity index (χ1) is 15.6. The van der Waals surface area contributed by atoms with Crippen LogP contribution in [0.1, 0.15) is 11.1 Å². The van der Waals surface area contributed by atoms with Crippen molar-refractivity contribution in [2.24, 2.45) is 0 Å². The molecule has 1 aliphatic rings. The van der Waals surface area contributed by atoms with Crippen LogP contribution in [0.15, 0.2) is 59.9 Å². The molecule has 1 aromatic heterocycles. The van der Waals surface area contributed by atoms with Crippen LogP contribution >= 0.6 is 23.4 Å². The highest BCUT2D eigenvalue weighted by Gasteiger charge is 2.21. The molecule has 0 amide bonds. The van der Waals surface area contributed by atoms with Crippen molar-refractivity contribution in [1.29, 1.82) is 0 Å². The van der Waals surface area contributed by atoms with E-state index in [1.807, 2.05) is 42.8 Å². The van der Waals surface area contributed by atoms with Gasteiger partial charge in [0.2, 0.25) is 0 Å². The van der Waals surface area contributed by atoms with Crippen LogP contribution < -0.4 is 15.1 Å². The zero-order valence-electron chi connectivity index (χ0n) is 18.1. The van der Waals surface area contributed by atoms with Crippen molar-refractivity contribution >= 4 is 34.9 Å². The number of hydrogen-bond donors (Lipinski definition) is 1. The van der Waals surface area contributed by atoms with Gasteiger partial charge in [-0.25, -0.2) is 14.4 Å². The summed E-state index contributed by atoms with van der Waals surface area (Å²) in [5, 5.41) is 5.07. The molecule has 2 heterocycles. The Morgan fingerprint density at radius 3 is 2.53 bits per heavy atom. The Labute approximate surface area is 198 Å². The number of rotatable bonds is 8. The summed E-state index contributed by atoms with van der Waals surface area (Å²) in [4.78, 5) is 13.9. The zero-order chi connectivity index (χ0) is 22.3. The Bertz CT molecular complexity index is 1030. The highest BCUT2D eigenvalue weighted by Crippen LogP contribution is 2.24.